The van der Waals surface area contributed by atoms with Gasteiger partial charge in [0, 0.05) is 13.0 Å². The first kappa shape index (κ1) is 13.2. The van der Waals surface area contributed by atoms with Crippen LogP contribution in [0.15, 0.2) is 12.1 Å². The second kappa shape index (κ2) is 4.66. The SMILES string of the molecule is N#Cc1c(F)ccc2c1C(=O)N(C1CCC(=O)NC1=O)C2. The molecule has 1 fully saturated rings. The molecule has 1 N–H and O–H groups in total. The second-order valence-electron chi connectivity index (χ2n) is 4.97. The maximum absolute atomic E-state index is 13.6. The van der Waals surface area contributed by atoms with Gasteiger partial charge in [-0.1, -0.05) is 6.07 Å². The van der Waals surface area contributed by atoms with Crippen LogP contribution in [0.3, 0.4) is 0 Å². The number of benzene rings is 1. The van der Waals surface area contributed by atoms with Gasteiger partial charge in [-0.3, -0.25) is 19.7 Å². The van der Waals surface area contributed by atoms with Gasteiger partial charge in [-0.15, -0.1) is 0 Å². The number of hydrogen-bond donors (Lipinski definition) is 1. The van der Waals surface area contributed by atoms with Crippen LogP contribution in [0.4, 0.5) is 4.39 Å². The average Bonchev–Trinajstić information content (AvgIpc) is 2.77. The molecule has 1 aromatic carbocycles. The zero-order chi connectivity index (χ0) is 15.1. The van der Waals surface area contributed by atoms with Gasteiger partial charge in [-0.05, 0) is 18.1 Å². The van der Waals surface area contributed by atoms with Crippen molar-refractivity contribution in [2.45, 2.75) is 25.4 Å². The Morgan fingerprint density at radius 1 is 1.33 bits per heavy atom. The van der Waals surface area contributed by atoms with Crippen molar-refractivity contribution in [3.63, 3.8) is 0 Å². The molecule has 3 rings (SSSR count). The minimum Gasteiger partial charge on any atom is -0.322 e. The van der Waals surface area contributed by atoms with Crippen molar-refractivity contribution in [1.82, 2.24) is 10.2 Å². The molecule has 6 nitrogen and oxygen atoms in total. The van der Waals surface area contributed by atoms with Crippen LogP contribution in [0.25, 0.3) is 0 Å². The fourth-order valence-corrected chi connectivity index (χ4v) is 2.74. The first-order valence-electron chi connectivity index (χ1n) is 6.39. The summed E-state index contributed by atoms with van der Waals surface area (Å²) in [5.41, 5.74) is 0.233. The number of halogens is 1. The normalized spacial score (nSPS) is 21.0. The second-order valence-corrected chi connectivity index (χ2v) is 4.97. The summed E-state index contributed by atoms with van der Waals surface area (Å²) in [7, 11) is 0. The number of carbonyl (C=O) groups is 3. The Hall–Kier alpha value is -2.75. The summed E-state index contributed by atoms with van der Waals surface area (Å²) in [5, 5.41) is 11.2. The molecule has 0 saturated carbocycles. The van der Waals surface area contributed by atoms with Crippen molar-refractivity contribution in [2.75, 3.05) is 0 Å². The number of amides is 3. The summed E-state index contributed by atoms with van der Waals surface area (Å²) in [4.78, 5) is 36.7. The van der Waals surface area contributed by atoms with Crippen LogP contribution in [-0.4, -0.2) is 28.7 Å². The van der Waals surface area contributed by atoms with Crippen LogP contribution in [0.5, 0.6) is 0 Å². The van der Waals surface area contributed by atoms with Crippen LogP contribution in [-0.2, 0) is 16.1 Å². The van der Waals surface area contributed by atoms with Gasteiger partial charge in [0.15, 0.2) is 0 Å². The Morgan fingerprint density at radius 3 is 2.76 bits per heavy atom. The van der Waals surface area contributed by atoms with Crippen LogP contribution >= 0.6 is 0 Å². The van der Waals surface area contributed by atoms with Gasteiger partial charge in [0.05, 0.1) is 5.56 Å². The lowest BCUT2D eigenvalue weighted by Gasteiger charge is -2.29. The van der Waals surface area contributed by atoms with E-state index in [9.17, 15) is 18.8 Å². The van der Waals surface area contributed by atoms with Crippen LogP contribution in [0, 0.1) is 17.1 Å². The molecule has 2 aliphatic rings. The molecular formula is C14H10FN3O3. The number of rotatable bonds is 1. The summed E-state index contributed by atoms with van der Waals surface area (Å²) < 4.78 is 13.6. The van der Waals surface area contributed by atoms with Gasteiger partial charge >= 0.3 is 0 Å². The average molecular weight is 287 g/mol. The molecule has 1 atom stereocenters. The van der Waals surface area contributed by atoms with Gasteiger partial charge in [-0.2, -0.15) is 5.26 Å². The third-order valence-corrected chi connectivity index (χ3v) is 3.75. The fourth-order valence-electron chi connectivity index (χ4n) is 2.74. The minimum atomic E-state index is -0.766. The molecule has 106 valence electrons. The van der Waals surface area contributed by atoms with E-state index in [0.717, 1.165) is 6.07 Å². The Balaban J connectivity index is 1.96. The molecular weight excluding hydrogens is 277 g/mol. The van der Waals surface area contributed by atoms with Crippen molar-refractivity contribution in [3.05, 3.63) is 34.6 Å². The smallest absolute Gasteiger partial charge is 0.256 e. The highest BCUT2D eigenvalue weighted by atomic mass is 19.1. The zero-order valence-corrected chi connectivity index (χ0v) is 10.9. The van der Waals surface area contributed by atoms with Gasteiger partial charge in [0.1, 0.15) is 23.5 Å². The number of nitrogens with one attached hydrogen (secondary N) is 1. The van der Waals surface area contributed by atoms with Crippen molar-refractivity contribution < 1.29 is 18.8 Å². The van der Waals surface area contributed by atoms with Crippen molar-refractivity contribution in [1.29, 1.82) is 5.26 Å². The highest BCUT2D eigenvalue weighted by Crippen LogP contribution is 2.30. The fraction of sp³-hybridized carbons (Fsp3) is 0.286. The van der Waals surface area contributed by atoms with E-state index in [1.807, 2.05) is 0 Å². The Morgan fingerprint density at radius 2 is 2.10 bits per heavy atom. The molecule has 7 heteroatoms. The third kappa shape index (κ3) is 1.96. The predicted octanol–water partition coefficient (Wildman–Crippen LogP) is 0.458. The highest BCUT2D eigenvalue weighted by Gasteiger charge is 2.40. The molecule has 0 bridgehead atoms. The monoisotopic (exact) mass is 287 g/mol. The maximum atomic E-state index is 13.6. The number of piperidine rings is 1. The predicted molar refractivity (Wildman–Crippen MR) is 67.2 cm³/mol. The van der Waals surface area contributed by atoms with Crippen molar-refractivity contribution in [3.8, 4) is 6.07 Å². The first-order valence-corrected chi connectivity index (χ1v) is 6.39. The van der Waals surface area contributed by atoms with E-state index in [-0.39, 0.29) is 36.4 Å². The lowest BCUT2D eigenvalue weighted by atomic mass is 10.0. The molecule has 0 aromatic heterocycles. The summed E-state index contributed by atoms with van der Waals surface area (Å²) in [6, 6.07) is 3.50. The molecule has 21 heavy (non-hydrogen) atoms. The number of nitrogens with zero attached hydrogens (tertiary/aromatic N) is 2. The summed E-state index contributed by atoms with van der Waals surface area (Å²) >= 11 is 0. The number of imide groups is 1. The van der Waals surface area contributed by atoms with E-state index < -0.39 is 23.7 Å². The molecule has 3 amide bonds. The Kier molecular flexibility index (Phi) is 2.94. The molecule has 2 aliphatic heterocycles. The molecule has 0 spiro atoms. The van der Waals surface area contributed by atoms with E-state index in [4.69, 9.17) is 5.26 Å². The zero-order valence-electron chi connectivity index (χ0n) is 10.9. The lowest BCUT2D eigenvalue weighted by molar-refractivity contribution is -0.136. The van der Waals surface area contributed by atoms with Crippen LogP contribution in [0.2, 0.25) is 0 Å². The van der Waals surface area contributed by atoms with Crippen molar-refractivity contribution >= 4 is 17.7 Å². The lowest BCUT2D eigenvalue weighted by Crippen LogP contribution is -2.52. The van der Waals surface area contributed by atoms with Gasteiger partial charge in [-0.25, -0.2) is 4.39 Å². The van der Waals surface area contributed by atoms with E-state index in [1.165, 1.54) is 11.0 Å². The van der Waals surface area contributed by atoms with E-state index in [0.29, 0.717) is 5.56 Å². The molecule has 0 aliphatic carbocycles. The molecule has 0 radical (unpaired) electrons. The van der Waals surface area contributed by atoms with Crippen molar-refractivity contribution in [2.24, 2.45) is 0 Å². The Labute approximate surface area is 119 Å². The standard InChI is InChI=1S/C14H10FN3O3/c15-9-2-1-7-6-18(14(21)12(7)8(9)5-16)10-3-4-11(19)17-13(10)20/h1-2,10H,3-4,6H2,(H,17,19,20). The summed E-state index contributed by atoms with van der Waals surface area (Å²) in [6.45, 7) is 0.134. The number of fused-ring (bicyclic) bond motifs is 1. The number of carbonyl (C=O) groups excluding carboxylic acids is 3. The first-order chi connectivity index (χ1) is 10.0. The molecule has 1 saturated heterocycles. The maximum Gasteiger partial charge on any atom is 0.256 e. The largest absolute Gasteiger partial charge is 0.322 e. The Bertz CT molecular complexity index is 723. The summed E-state index contributed by atoms with van der Waals surface area (Å²) in [5.74, 6) is -2.21. The molecule has 1 aromatic rings. The number of nitriles is 1. The van der Waals surface area contributed by atoms with Crippen LogP contribution < -0.4 is 5.32 Å². The molecule has 1 unspecified atom stereocenters. The topological polar surface area (TPSA) is 90.3 Å². The number of hydrogen-bond acceptors (Lipinski definition) is 4. The quantitative estimate of drug-likeness (QED) is 0.760. The van der Waals surface area contributed by atoms with E-state index >= 15 is 0 Å². The van der Waals surface area contributed by atoms with Gasteiger partial charge in [0.25, 0.3) is 5.91 Å². The highest BCUT2D eigenvalue weighted by molar-refractivity contribution is 6.06. The van der Waals surface area contributed by atoms with Gasteiger partial charge < -0.3 is 4.90 Å². The third-order valence-electron chi connectivity index (χ3n) is 3.75. The van der Waals surface area contributed by atoms with Crippen LogP contribution in [0.1, 0.15) is 34.3 Å². The van der Waals surface area contributed by atoms with E-state index in [1.54, 1.807) is 6.07 Å². The summed E-state index contributed by atoms with van der Waals surface area (Å²) in [6.07, 6.45) is 0.380. The van der Waals surface area contributed by atoms with E-state index in [2.05, 4.69) is 5.32 Å². The minimum absolute atomic E-state index is 0.0159. The van der Waals surface area contributed by atoms with Gasteiger partial charge in [0.2, 0.25) is 11.8 Å². The molecule has 2 heterocycles.